The maximum Gasteiger partial charge on any atom is 0.238 e. The molecule has 0 saturated carbocycles. The summed E-state index contributed by atoms with van der Waals surface area (Å²) in [4.78, 5) is 21.5. The summed E-state index contributed by atoms with van der Waals surface area (Å²) in [7, 11) is 0. The van der Waals surface area contributed by atoms with E-state index in [1.165, 1.54) is 11.3 Å². The zero-order valence-electron chi connectivity index (χ0n) is 13.0. The number of rotatable bonds is 4. The van der Waals surface area contributed by atoms with Gasteiger partial charge in [0, 0.05) is 17.6 Å². The third-order valence-corrected chi connectivity index (χ3v) is 4.02. The topological polar surface area (TPSA) is 60.4 Å². The van der Waals surface area contributed by atoms with Gasteiger partial charge in [-0.1, -0.05) is 6.07 Å². The van der Waals surface area contributed by atoms with Gasteiger partial charge in [-0.2, -0.15) is 0 Å². The van der Waals surface area contributed by atoms with Gasteiger partial charge in [0.15, 0.2) is 10.8 Å². The number of hydrogen-bond donors (Lipinski definition) is 0. The first-order chi connectivity index (χ1) is 11.1. The molecule has 3 rings (SSSR count). The van der Waals surface area contributed by atoms with E-state index in [0.29, 0.717) is 5.49 Å². The Balaban J connectivity index is 1.83. The Labute approximate surface area is 138 Å². The third kappa shape index (κ3) is 3.65. The largest absolute Gasteiger partial charge is 0.462 e. The van der Waals surface area contributed by atoms with Gasteiger partial charge < -0.3 is 4.42 Å². The van der Waals surface area contributed by atoms with Crippen LogP contribution in [0.1, 0.15) is 24.3 Å². The Bertz CT molecular complexity index is 860. The number of nitrogens with zero attached hydrogens (tertiary/aromatic N) is 3. The van der Waals surface area contributed by atoms with Crippen molar-refractivity contribution in [1.29, 1.82) is 0 Å². The van der Waals surface area contributed by atoms with Crippen molar-refractivity contribution in [2.24, 2.45) is 4.99 Å². The van der Waals surface area contributed by atoms with Crippen molar-refractivity contribution in [3.8, 4) is 10.8 Å². The van der Waals surface area contributed by atoms with Crippen LogP contribution in [-0.4, -0.2) is 21.5 Å². The second kappa shape index (κ2) is 6.75. The number of hydrogen-bond acceptors (Lipinski definition) is 5. The molecule has 0 atom stereocenters. The molecule has 0 aliphatic carbocycles. The molecule has 0 aliphatic rings. The lowest BCUT2D eigenvalue weighted by Crippen LogP contribution is -2.28. The molecule has 5 nitrogen and oxygen atoms in total. The summed E-state index contributed by atoms with van der Waals surface area (Å²) in [5.41, 5.74) is 1.40. The second-order valence-corrected chi connectivity index (χ2v) is 6.20. The summed E-state index contributed by atoms with van der Waals surface area (Å²) in [5, 5.41) is 2.67. The van der Waals surface area contributed by atoms with Gasteiger partial charge in [-0.05, 0) is 38.1 Å². The molecule has 0 aromatic carbocycles. The van der Waals surface area contributed by atoms with Crippen LogP contribution in [0, 0.1) is 0 Å². The molecule has 3 heterocycles. The summed E-state index contributed by atoms with van der Waals surface area (Å²) < 4.78 is 6.90. The fourth-order valence-electron chi connectivity index (χ4n) is 2.16. The summed E-state index contributed by atoms with van der Waals surface area (Å²) in [6, 6.07) is 9.35. The number of pyridine rings is 1. The molecule has 118 valence electrons. The molecule has 6 heteroatoms. The predicted octanol–water partition coefficient (Wildman–Crippen LogP) is 3.40. The standard InChI is InChI=1S/C17H17N3O2S/c1-12(2)18-15-7-3-4-8-20(15)16(21)10-13-11-23-17(19-13)14-6-5-9-22-14/h3-9,11-12H,10H2,1-2H3. The quantitative estimate of drug-likeness (QED) is 0.738. The van der Waals surface area contributed by atoms with Gasteiger partial charge in [0.1, 0.15) is 5.49 Å². The highest BCUT2D eigenvalue weighted by Gasteiger charge is 2.12. The van der Waals surface area contributed by atoms with Gasteiger partial charge in [-0.3, -0.25) is 14.4 Å². The number of thiazole rings is 1. The summed E-state index contributed by atoms with van der Waals surface area (Å²) in [5.74, 6) is 0.665. The van der Waals surface area contributed by atoms with Crippen molar-refractivity contribution in [1.82, 2.24) is 9.55 Å². The Morgan fingerprint density at radius 1 is 1.35 bits per heavy atom. The molecule has 0 N–H and O–H groups in total. The Morgan fingerprint density at radius 3 is 2.96 bits per heavy atom. The van der Waals surface area contributed by atoms with Gasteiger partial charge in [0.2, 0.25) is 5.91 Å². The van der Waals surface area contributed by atoms with Crippen molar-refractivity contribution < 1.29 is 9.21 Å². The normalized spacial score (nSPS) is 12.0. The van der Waals surface area contributed by atoms with E-state index < -0.39 is 0 Å². The minimum atomic E-state index is -0.0544. The van der Waals surface area contributed by atoms with E-state index in [4.69, 9.17) is 4.42 Å². The maximum atomic E-state index is 12.6. The monoisotopic (exact) mass is 327 g/mol. The fourth-order valence-corrected chi connectivity index (χ4v) is 2.94. The Hall–Kier alpha value is -2.47. The lowest BCUT2D eigenvalue weighted by molar-refractivity contribution is 0.0907. The van der Waals surface area contributed by atoms with E-state index in [9.17, 15) is 4.79 Å². The highest BCUT2D eigenvalue weighted by molar-refractivity contribution is 7.13. The predicted molar refractivity (Wildman–Crippen MR) is 89.3 cm³/mol. The lowest BCUT2D eigenvalue weighted by Gasteiger charge is -2.06. The van der Waals surface area contributed by atoms with E-state index >= 15 is 0 Å². The van der Waals surface area contributed by atoms with Crippen LogP contribution in [0.3, 0.4) is 0 Å². The van der Waals surface area contributed by atoms with Gasteiger partial charge >= 0.3 is 0 Å². The molecule has 0 spiro atoms. The number of carbonyl (C=O) groups excluding carboxylic acids is 1. The molecule has 3 aromatic rings. The number of aromatic nitrogens is 2. The molecular formula is C17H17N3O2S. The second-order valence-electron chi connectivity index (χ2n) is 5.34. The van der Waals surface area contributed by atoms with Crippen molar-refractivity contribution in [3.05, 3.63) is 59.4 Å². The summed E-state index contributed by atoms with van der Waals surface area (Å²) in [6.45, 7) is 3.97. The molecule has 0 unspecified atom stereocenters. The summed E-state index contributed by atoms with van der Waals surface area (Å²) in [6.07, 6.45) is 3.58. The van der Waals surface area contributed by atoms with Crippen molar-refractivity contribution >= 4 is 17.2 Å². The van der Waals surface area contributed by atoms with E-state index in [-0.39, 0.29) is 18.4 Å². The van der Waals surface area contributed by atoms with Crippen LogP contribution in [0.5, 0.6) is 0 Å². The van der Waals surface area contributed by atoms with E-state index in [2.05, 4.69) is 9.98 Å². The first-order valence-corrected chi connectivity index (χ1v) is 8.24. The van der Waals surface area contributed by atoms with Gasteiger partial charge in [0.05, 0.1) is 18.4 Å². The number of carbonyl (C=O) groups is 1. The van der Waals surface area contributed by atoms with Crippen LogP contribution >= 0.6 is 11.3 Å². The zero-order valence-corrected chi connectivity index (χ0v) is 13.8. The molecule has 23 heavy (non-hydrogen) atoms. The van der Waals surface area contributed by atoms with E-state index in [0.717, 1.165) is 16.5 Å². The average molecular weight is 327 g/mol. The lowest BCUT2D eigenvalue weighted by atomic mass is 10.3. The average Bonchev–Trinajstić information content (AvgIpc) is 3.17. The summed E-state index contributed by atoms with van der Waals surface area (Å²) >= 11 is 1.47. The van der Waals surface area contributed by atoms with Crippen molar-refractivity contribution in [3.63, 3.8) is 0 Å². The van der Waals surface area contributed by atoms with Crippen LogP contribution in [0.4, 0.5) is 0 Å². The first kappa shape index (κ1) is 15.4. The van der Waals surface area contributed by atoms with Crippen LogP contribution < -0.4 is 5.49 Å². The minimum Gasteiger partial charge on any atom is -0.462 e. The third-order valence-electron chi connectivity index (χ3n) is 3.11. The Morgan fingerprint density at radius 2 is 2.22 bits per heavy atom. The molecule has 0 amide bonds. The maximum absolute atomic E-state index is 12.6. The Kier molecular flexibility index (Phi) is 4.52. The minimum absolute atomic E-state index is 0.0544. The van der Waals surface area contributed by atoms with E-state index in [1.54, 1.807) is 17.0 Å². The van der Waals surface area contributed by atoms with Gasteiger partial charge in [-0.15, -0.1) is 11.3 Å². The molecule has 3 aromatic heterocycles. The molecule has 0 radical (unpaired) electrons. The molecular weight excluding hydrogens is 310 g/mol. The molecule has 0 bridgehead atoms. The van der Waals surface area contributed by atoms with E-state index in [1.807, 2.05) is 49.6 Å². The highest BCUT2D eigenvalue weighted by Crippen LogP contribution is 2.24. The van der Waals surface area contributed by atoms with Gasteiger partial charge in [-0.25, -0.2) is 4.98 Å². The molecule has 0 saturated heterocycles. The SMILES string of the molecule is CC(C)N=c1ccccn1C(=O)Cc1csc(-c2ccco2)n1. The highest BCUT2D eigenvalue weighted by atomic mass is 32.1. The first-order valence-electron chi connectivity index (χ1n) is 7.36. The number of furan rings is 1. The van der Waals surface area contributed by atoms with Crippen molar-refractivity contribution in [2.45, 2.75) is 26.3 Å². The fraction of sp³-hybridized carbons (Fsp3) is 0.235. The van der Waals surface area contributed by atoms with Crippen LogP contribution in [0.2, 0.25) is 0 Å². The van der Waals surface area contributed by atoms with Gasteiger partial charge in [0.25, 0.3) is 0 Å². The molecule has 0 aliphatic heterocycles. The smallest absolute Gasteiger partial charge is 0.238 e. The van der Waals surface area contributed by atoms with Crippen LogP contribution in [0.15, 0.2) is 57.6 Å². The molecule has 0 fully saturated rings. The van der Waals surface area contributed by atoms with Crippen LogP contribution in [0.25, 0.3) is 10.8 Å². The van der Waals surface area contributed by atoms with Crippen LogP contribution in [-0.2, 0) is 6.42 Å². The van der Waals surface area contributed by atoms with Crippen molar-refractivity contribution in [2.75, 3.05) is 0 Å². The zero-order chi connectivity index (χ0) is 16.2.